The molecule has 4 heterocycles. The molecule has 11 nitrogen and oxygen atoms in total. The predicted molar refractivity (Wildman–Crippen MR) is 211 cm³/mol. The summed E-state index contributed by atoms with van der Waals surface area (Å²) in [4.78, 5) is 61.6. The summed E-state index contributed by atoms with van der Waals surface area (Å²) in [7, 11) is 6.65. The highest BCUT2D eigenvalue weighted by atomic mass is 35.5. The van der Waals surface area contributed by atoms with E-state index in [9.17, 15) is 19.2 Å². The number of benzene rings is 3. The summed E-state index contributed by atoms with van der Waals surface area (Å²) in [5, 5.41) is 0.675. The summed E-state index contributed by atoms with van der Waals surface area (Å²) in [6, 6.07) is 15.7. The van der Waals surface area contributed by atoms with E-state index in [0.717, 1.165) is 73.1 Å². The number of imide groups is 1. The highest BCUT2D eigenvalue weighted by Gasteiger charge is 2.39. The molecule has 1 spiro atoms. The Bertz CT molecular complexity index is 2450. The number of hydrogen-bond donors (Lipinski definition) is 1. The van der Waals surface area contributed by atoms with E-state index in [-0.39, 0.29) is 58.8 Å². The van der Waals surface area contributed by atoms with E-state index in [2.05, 4.69) is 16.0 Å². The molecule has 1 unspecified atom stereocenters. The molecule has 2 saturated heterocycles. The molecular formula is C42H44ClFN6O5. The Balaban J connectivity index is 1.02. The maximum absolute atomic E-state index is 15.1. The zero-order valence-corrected chi connectivity index (χ0v) is 32.2. The summed E-state index contributed by atoms with van der Waals surface area (Å²) in [6.45, 7) is 1.73. The van der Waals surface area contributed by atoms with Gasteiger partial charge in [-0.25, -0.2) is 9.18 Å². The Morgan fingerprint density at radius 2 is 1.78 bits per heavy atom. The molecule has 0 bridgehead atoms. The van der Waals surface area contributed by atoms with Gasteiger partial charge in [0.15, 0.2) is 5.82 Å². The number of aromatic amines is 1. The monoisotopic (exact) mass is 766 g/mol. The Morgan fingerprint density at radius 1 is 1.04 bits per heavy atom. The topological polar surface area (TPSA) is 113 Å². The van der Waals surface area contributed by atoms with Crippen LogP contribution in [0.2, 0.25) is 5.02 Å². The van der Waals surface area contributed by atoms with Gasteiger partial charge in [-0.1, -0.05) is 35.9 Å². The number of carbonyl (C=O) groups is 3. The van der Waals surface area contributed by atoms with Crippen LogP contribution >= 0.6 is 11.6 Å². The molecule has 1 atom stereocenters. The summed E-state index contributed by atoms with van der Waals surface area (Å²) < 4.78 is 23.6. The number of para-hydroxylation sites is 1. The van der Waals surface area contributed by atoms with Crippen LogP contribution in [0, 0.1) is 11.2 Å². The number of fused-ring (bicyclic) bond motifs is 2. The van der Waals surface area contributed by atoms with Gasteiger partial charge in [0, 0.05) is 46.0 Å². The molecular weight excluding hydrogens is 723 g/mol. The predicted octanol–water partition coefficient (Wildman–Crippen LogP) is 7.07. The third-order valence-corrected chi connectivity index (χ3v) is 12.3. The fraction of sp³-hybridized carbons (Fsp3) is 0.381. The fourth-order valence-corrected chi connectivity index (χ4v) is 9.03. The molecule has 3 amide bonds. The third kappa shape index (κ3) is 6.30. The van der Waals surface area contributed by atoms with Crippen LogP contribution in [0.5, 0.6) is 5.75 Å². The molecule has 13 heteroatoms. The Hall–Kier alpha value is -5.36. The second-order valence-corrected chi connectivity index (χ2v) is 15.8. The van der Waals surface area contributed by atoms with E-state index in [4.69, 9.17) is 16.3 Å². The van der Waals surface area contributed by atoms with Crippen LogP contribution in [-0.2, 0) is 23.2 Å². The highest BCUT2D eigenvalue weighted by Crippen LogP contribution is 2.48. The number of piperidine rings is 2. The van der Waals surface area contributed by atoms with Gasteiger partial charge in [-0.3, -0.25) is 28.4 Å². The van der Waals surface area contributed by atoms with Gasteiger partial charge in [-0.2, -0.15) is 0 Å². The van der Waals surface area contributed by atoms with Crippen molar-refractivity contribution in [3.05, 3.63) is 98.8 Å². The summed E-state index contributed by atoms with van der Waals surface area (Å²) in [5.74, 6) is -0.735. The lowest BCUT2D eigenvalue weighted by Gasteiger charge is -2.44. The number of carbonyl (C=O) groups excluding carboxylic acids is 3. The number of nitrogens with one attached hydrogen (secondary N) is 1. The van der Waals surface area contributed by atoms with Crippen LogP contribution in [0.4, 0.5) is 10.1 Å². The molecule has 2 fully saturated rings. The van der Waals surface area contributed by atoms with E-state index in [0.29, 0.717) is 22.3 Å². The van der Waals surface area contributed by atoms with E-state index < -0.39 is 11.9 Å². The average molecular weight is 767 g/mol. The smallest absolute Gasteiger partial charge is 0.329 e. The lowest BCUT2D eigenvalue weighted by molar-refractivity contribution is -0.151. The van der Waals surface area contributed by atoms with Crippen LogP contribution in [0.3, 0.4) is 0 Å². The SMILES string of the molecule is COc1ccc(CN2C(=O)CCC(n3c(=O)n(C)c4c(N5CCC6(CC=C(c7cc(Cl)c(F)c8[nH]c(C(=O)N(C)C)cc78)CC6)CC5)cccc43)C2=O)cc1. The van der Waals surface area contributed by atoms with Gasteiger partial charge in [-0.05, 0) is 97.0 Å². The minimum absolute atomic E-state index is 0.0207. The van der Waals surface area contributed by atoms with Crippen LogP contribution < -0.4 is 15.3 Å². The number of rotatable bonds is 7. The summed E-state index contributed by atoms with van der Waals surface area (Å²) >= 11 is 6.36. The molecule has 2 aromatic heterocycles. The van der Waals surface area contributed by atoms with E-state index >= 15 is 4.39 Å². The number of H-pyrrole nitrogens is 1. The molecule has 55 heavy (non-hydrogen) atoms. The number of hydrogen-bond acceptors (Lipinski definition) is 6. The maximum atomic E-state index is 15.1. The largest absolute Gasteiger partial charge is 0.497 e. The molecule has 8 rings (SSSR count). The van der Waals surface area contributed by atoms with Crippen molar-refractivity contribution < 1.29 is 23.5 Å². The van der Waals surface area contributed by atoms with Crippen LogP contribution in [-0.4, -0.2) is 75.9 Å². The first kappa shape index (κ1) is 36.6. The number of aryl methyl sites for hydroxylation is 1. The first-order valence-electron chi connectivity index (χ1n) is 18.7. The number of aromatic nitrogens is 3. The number of methoxy groups -OCH3 is 1. The zero-order chi connectivity index (χ0) is 38.8. The number of allylic oxidation sites excluding steroid dienone is 2. The van der Waals surface area contributed by atoms with Crippen molar-refractivity contribution >= 4 is 62.5 Å². The molecule has 2 aliphatic heterocycles. The molecule has 0 radical (unpaired) electrons. The van der Waals surface area contributed by atoms with Crippen molar-refractivity contribution in [2.45, 2.75) is 57.5 Å². The van der Waals surface area contributed by atoms with Crippen molar-refractivity contribution in [3.63, 3.8) is 0 Å². The molecule has 0 saturated carbocycles. The molecule has 286 valence electrons. The van der Waals surface area contributed by atoms with Gasteiger partial charge in [0.1, 0.15) is 17.5 Å². The minimum atomic E-state index is -0.793. The first-order chi connectivity index (χ1) is 26.4. The Kier molecular flexibility index (Phi) is 9.35. The average Bonchev–Trinajstić information content (AvgIpc) is 3.75. The molecule has 1 aliphatic carbocycles. The lowest BCUT2D eigenvalue weighted by atomic mass is 9.68. The molecule has 5 aromatic rings. The number of halogens is 2. The van der Waals surface area contributed by atoms with Crippen LogP contribution in [0.15, 0.2) is 65.5 Å². The van der Waals surface area contributed by atoms with Crippen LogP contribution in [0.1, 0.15) is 72.6 Å². The van der Waals surface area contributed by atoms with Gasteiger partial charge in [0.05, 0.1) is 40.9 Å². The van der Waals surface area contributed by atoms with Gasteiger partial charge in [0.25, 0.3) is 11.8 Å². The van der Waals surface area contributed by atoms with Gasteiger partial charge < -0.3 is 19.5 Å². The maximum Gasteiger partial charge on any atom is 0.329 e. The Morgan fingerprint density at radius 3 is 2.45 bits per heavy atom. The van der Waals surface area contributed by atoms with E-state index in [1.54, 1.807) is 61.7 Å². The number of ether oxygens (including phenoxy) is 1. The van der Waals surface area contributed by atoms with E-state index in [1.807, 2.05) is 30.3 Å². The van der Waals surface area contributed by atoms with Gasteiger partial charge in [-0.15, -0.1) is 0 Å². The standard InChI is InChI=1S/C42H44ClFN6O5/c1-46(2)39(52)31-23-29-28(22-30(43)36(44)37(29)45-31)26-14-16-42(17-15-26)18-20-48(21-19-42)32-6-5-7-33-38(32)47(3)41(54)50(33)34-12-13-35(51)49(40(34)53)24-25-8-10-27(55-4)11-9-25/h5-11,14,22-23,34,45H,12-13,15-21,24H2,1-4H3. The number of imidazole rings is 1. The third-order valence-electron chi connectivity index (χ3n) is 12.0. The quantitative estimate of drug-likeness (QED) is 0.178. The minimum Gasteiger partial charge on any atom is -0.497 e. The van der Waals surface area contributed by atoms with Crippen molar-refractivity contribution in [1.82, 2.24) is 23.9 Å². The fourth-order valence-electron chi connectivity index (χ4n) is 8.83. The van der Waals surface area contributed by atoms with Gasteiger partial charge >= 0.3 is 5.69 Å². The van der Waals surface area contributed by atoms with Gasteiger partial charge in [0.2, 0.25) is 5.91 Å². The number of anilines is 1. The Labute approximate surface area is 322 Å². The molecule has 3 aromatic carbocycles. The van der Waals surface area contributed by atoms with Crippen molar-refractivity contribution in [3.8, 4) is 5.75 Å². The highest BCUT2D eigenvalue weighted by molar-refractivity contribution is 6.32. The zero-order valence-electron chi connectivity index (χ0n) is 31.5. The first-order valence-corrected chi connectivity index (χ1v) is 19.1. The molecule has 1 N–H and O–H groups in total. The van der Waals surface area contributed by atoms with Crippen molar-refractivity contribution in [1.29, 1.82) is 0 Å². The van der Waals surface area contributed by atoms with E-state index in [1.165, 1.54) is 9.80 Å². The molecule has 3 aliphatic rings. The number of amides is 3. The second kappa shape index (κ2) is 14.1. The summed E-state index contributed by atoms with van der Waals surface area (Å²) in [5.41, 5.74) is 5.54. The normalized spacial score (nSPS) is 18.7. The van der Waals surface area contributed by atoms with Crippen molar-refractivity contribution in [2.24, 2.45) is 12.5 Å². The second-order valence-electron chi connectivity index (χ2n) is 15.4. The number of likely N-dealkylation sites (tertiary alicyclic amines) is 1. The van der Waals surface area contributed by atoms with Crippen molar-refractivity contribution in [2.75, 3.05) is 39.2 Å². The lowest BCUT2D eigenvalue weighted by Crippen LogP contribution is -2.47. The number of nitrogens with zero attached hydrogens (tertiary/aromatic N) is 5. The summed E-state index contributed by atoms with van der Waals surface area (Å²) in [6.07, 6.45) is 7.24. The van der Waals surface area contributed by atoms with Crippen LogP contribution in [0.25, 0.3) is 27.5 Å².